The minimum Gasteiger partial charge on any atom is -0.376 e. The van der Waals surface area contributed by atoms with Crippen molar-refractivity contribution in [3.63, 3.8) is 0 Å². The summed E-state index contributed by atoms with van der Waals surface area (Å²) in [5, 5.41) is 16.9. The van der Waals surface area contributed by atoms with Gasteiger partial charge in [-0.25, -0.2) is 0 Å². The van der Waals surface area contributed by atoms with Gasteiger partial charge < -0.3 is 30.8 Å². The van der Waals surface area contributed by atoms with E-state index < -0.39 is 0 Å². The third-order valence-electron chi connectivity index (χ3n) is 3.94. The Morgan fingerprint density at radius 1 is 1.52 bits per heavy atom. The number of rotatable bonds is 8. The Bertz CT molecular complexity index is 712. The Morgan fingerprint density at radius 2 is 2.36 bits per heavy atom. The van der Waals surface area contributed by atoms with Gasteiger partial charge in [0.15, 0.2) is 0 Å². The van der Waals surface area contributed by atoms with E-state index in [1.165, 1.54) is 6.21 Å². The lowest BCUT2D eigenvalue weighted by Crippen LogP contribution is -2.46. The van der Waals surface area contributed by atoms with Gasteiger partial charge >= 0.3 is 0 Å². The fraction of sp³-hybridized carbons (Fsp3) is 0.353. The van der Waals surface area contributed by atoms with Crippen molar-refractivity contribution in [2.75, 3.05) is 25.1 Å². The molecule has 1 aromatic heterocycles. The molecular weight excluding hydrogens is 322 g/mol. The predicted octanol–water partition coefficient (Wildman–Crippen LogP) is 0.680. The van der Waals surface area contributed by atoms with Crippen LogP contribution in [-0.4, -0.2) is 49.6 Å². The molecule has 0 aliphatic carbocycles. The van der Waals surface area contributed by atoms with E-state index in [4.69, 9.17) is 14.9 Å². The van der Waals surface area contributed by atoms with E-state index in [1.54, 1.807) is 12.3 Å². The second kappa shape index (κ2) is 7.91. The van der Waals surface area contributed by atoms with Crippen molar-refractivity contribution in [1.82, 2.24) is 15.6 Å². The maximum Gasteiger partial charge on any atom is 0.212 e. The van der Waals surface area contributed by atoms with Gasteiger partial charge in [0.2, 0.25) is 6.41 Å². The number of aryl methyl sites for hydroxylation is 1. The Kier molecular flexibility index (Phi) is 5.42. The minimum atomic E-state index is -0.238. The quantitative estimate of drug-likeness (QED) is 0.408. The molecule has 2 aliphatic heterocycles. The van der Waals surface area contributed by atoms with E-state index in [-0.39, 0.29) is 12.1 Å². The highest BCUT2D eigenvalue weighted by Gasteiger charge is 2.26. The molecule has 1 atom stereocenters. The summed E-state index contributed by atoms with van der Waals surface area (Å²) in [5.41, 5.74) is 3.23. The first-order chi connectivity index (χ1) is 12.2. The minimum absolute atomic E-state index is 0.0861. The van der Waals surface area contributed by atoms with Crippen LogP contribution in [0.2, 0.25) is 0 Å². The summed E-state index contributed by atoms with van der Waals surface area (Å²) in [6.07, 6.45) is 5.38. The number of carbonyl (C=O) groups excluding carboxylic acids is 1. The van der Waals surface area contributed by atoms with Gasteiger partial charge in [0.25, 0.3) is 0 Å². The van der Waals surface area contributed by atoms with Crippen LogP contribution in [0.3, 0.4) is 0 Å². The Morgan fingerprint density at radius 3 is 3.00 bits per heavy atom. The summed E-state index contributed by atoms with van der Waals surface area (Å²) in [7, 11) is 0. The van der Waals surface area contributed by atoms with Crippen molar-refractivity contribution in [1.29, 1.82) is 5.41 Å². The van der Waals surface area contributed by atoms with E-state index >= 15 is 0 Å². The van der Waals surface area contributed by atoms with Crippen molar-refractivity contribution < 1.29 is 14.3 Å². The summed E-state index contributed by atoms with van der Waals surface area (Å²) in [4.78, 5) is 15.0. The number of carbonyl (C=O) groups is 1. The molecule has 132 valence electrons. The van der Waals surface area contributed by atoms with Crippen LogP contribution >= 0.6 is 0 Å². The molecule has 25 heavy (non-hydrogen) atoms. The fourth-order valence-electron chi connectivity index (χ4n) is 2.61. The van der Waals surface area contributed by atoms with Gasteiger partial charge in [0.05, 0.1) is 25.9 Å². The second-order valence-corrected chi connectivity index (χ2v) is 5.83. The average Bonchev–Trinajstić information content (AvgIpc) is 2.55. The van der Waals surface area contributed by atoms with Crippen molar-refractivity contribution in [2.45, 2.75) is 19.1 Å². The Balaban J connectivity index is 1.84. The molecule has 3 rings (SSSR count). The topological polar surface area (TPSA) is 108 Å². The lowest BCUT2D eigenvalue weighted by atomic mass is 10.0. The lowest BCUT2D eigenvalue weighted by Gasteiger charge is -2.33. The Hall–Kier alpha value is -2.71. The van der Waals surface area contributed by atoms with Crippen molar-refractivity contribution >= 4 is 18.3 Å². The SMILES string of the molecule is Cc1cc(NC2=C(C=N)C=C(NC=O)NC2COC2COC2)ccn1. The van der Waals surface area contributed by atoms with Crippen LogP contribution in [0.15, 0.2) is 41.5 Å². The molecular formula is C17H21N5O3. The summed E-state index contributed by atoms with van der Waals surface area (Å²) in [6, 6.07) is 3.55. The molecule has 3 heterocycles. The number of hydrogen-bond donors (Lipinski definition) is 4. The van der Waals surface area contributed by atoms with Gasteiger partial charge in [0, 0.05) is 35.1 Å². The smallest absolute Gasteiger partial charge is 0.212 e. The molecule has 0 spiro atoms. The number of nitrogens with zero attached hydrogens (tertiary/aromatic N) is 1. The molecule has 2 aliphatic rings. The van der Waals surface area contributed by atoms with Crippen LogP contribution in [0.5, 0.6) is 0 Å². The number of hydrogen-bond acceptors (Lipinski definition) is 7. The van der Waals surface area contributed by atoms with Gasteiger partial charge in [-0.2, -0.15) is 0 Å². The zero-order valence-electron chi connectivity index (χ0n) is 13.9. The largest absolute Gasteiger partial charge is 0.376 e. The molecule has 0 radical (unpaired) electrons. The van der Waals surface area contributed by atoms with Crippen LogP contribution in [0.1, 0.15) is 5.69 Å². The van der Waals surface area contributed by atoms with E-state index in [2.05, 4.69) is 20.9 Å². The number of pyridine rings is 1. The zero-order chi connectivity index (χ0) is 17.6. The summed E-state index contributed by atoms with van der Waals surface area (Å²) < 4.78 is 11.0. The monoisotopic (exact) mass is 343 g/mol. The molecule has 1 fully saturated rings. The molecule has 0 saturated carbocycles. The molecule has 0 bridgehead atoms. The summed E-state index contributed by atoms with van der Waals surface area (Å²) in [6.45, 7) is 3.49. The average molecular weight is 343 g/mol. The Labute approximate surface area is 145 Å². The van der Waals surface area contributed by atoms with Gasteiger partial charge in [-0.3, -0.25) is 9.78 Å². The first-order valence-corrected chi connectivity index (χ1v) is 8.01. The molecule has 1 aromatic rings. The first-order valence-electron chi connectivity index (χ1n) is 8.01. The summed E-state index contributed by atoms with van der Waals surface area (Å²) >= 11 is 0. The molecule has 0 aromatic carbocycles. The number of dihydropyridines is 1. The molecule has 4 N–H and O–H groups in total. The highest BCUT2D eigenvalue weighted by Crippen LogP contribution is 2.21. The third kappa shape index (κ3) is 4.23. The van der Waals surface area contributed by atoms with Crippen molar-refractivity contribution in [3.05, 3.63) is 47.2 Å². The molecule has 1 saturated heterocycles. The maximum atomic E-state index is 10.8. The number of ether oxygens (including phenoxy) is 2. The van der Waals surface area contributed by atoms with Crippen LogP contribution in [0.4, 0.5) is 5.69 Å². The van der Waals surface area contributed by atoms with Gasteiger partial charge in [0.1, 0.15) is 11.9 Å². The number of anilines is 1. The molecule has 8 nitrogen and oxygen atoms in total. The summed E-state index contributed by atoms with van der Waals surface area (Å²) in [5.74, 6) is 0.531. The van der Waals surface area contributed by atoms with Gasteiger partial charge in [-0.15, -0.1) is 0 Å². The first kappa shape index (κ1) is 17.1. The normalized spacial score (nSPS) is 20.2. The fourth-order valence-corrected chi connectivity index (χ4v) is 2.61. The van der Waals surface area contributed by atoms with Crippen LogP contribution < -0.4 is 16.0 Å². The van der Waals surface area contributed by atoms with Crippen molar-refractivity contribution in [3.8, 4) is 0 Å². The molecule has 1 amide bonds. The predicted molar refractivity (Wildman–Crippen MR) is 93.2 cm³/mol. The second-order valence-electron chi connectivity index (χ2n) is 5.83. The van der Waals surface area contributed by atoms with Crippen LogP contribution in [0.25, 0.3) is 0 Å². The van der Waals surface area contributed by atoms with Crippen molar-refractivity contribution in [2.24, 2.45) is 0 Å². The number of nitrogens with one attached hydrogen (secondary N) is 4. The van der Waals surface area contributed by atoms with Gasteiger partial charge in [-0.05, 0) is 25.1 Å². The van der Waals surface area contributed by atoms with Crippen LogP contribution in [0, 0.1) is 12.3 Å². The standard InChI is InChI=1S/C17H21N5O3/c1-11-4-13(2-3-19-11)21-17-12(6-18)5-16(20-10-23)22-15(17)9-25-14-7-24-8-14/h2-6,10,14-15,18,22H,7-9H2,1H3,(H,19,21)(H,20,23). The molecule has 8 heteroatoms. The highest BCUT2D eigenvalue weighted by atomic mass is 16.6. The molecule has 1 unspecified atom stereocenters. The van der Waals surface area contributed by atoms with Gasteiger partial charge in [-0.1, -0.05) is 0 Å². The maximum absolute atomic E-state index is 10.8. The third-order valence-corrected chi connectivity index (χ3v) is 3.94. The zero-order valence-corrected chi connectivity index (χ0v) is 13.9. The van der Waals surface area contributed by atoms with E-state index in [0.29, 0.717) is 37.6 Å². The van der Waals surface area contributed by atoms with E-state index in [0.717, 1.165) is 17.1 Å². The highest BCUT2D eigenvalue weighted by molar-refractivity contribution is 5.83. The number of aromatic nitrogens is 1. The number of amides is 1. The lowest BCUT2D eigenvalue weighted by molar-refractivity contribution is -0.131. The number of allylic oxidation sites excluding steroid dienone is 2. The van der Waals surface area contributed by atoms with E-state index in [1.807, 2.05) is 19.1 Å². The van der Waals surface area contributed by atoms with Crippen LogP contribution in [-0.2, 0) is 14.3 Å². The van der Waals surface area contributed by atoms with E-state index in [9.17, 15) is 4.79 Å².